The Kier molecular flexibility index (Phi) is 8.45. The summed E-state index contributed by atoms with van der Waals surface area (Å²) in [5.41, 5.74) is 1.41. The number of hydrogen-bond donors (Lipinski definition) is 2. The van der Waals surface area contributed by atoms with Crippen molar-refractivity contribution in [2.45, 2.75) is 95.7 Å². The number of amides is 2. The van der Waals surface area contributed by atoms with Gasteiger partial charge in [-0.1, -0.05) is 56.0 Å². The summed E-state index contributed by atoms with van der Waals surface area (Å²) in [6.07, 6.45) is 12.8. The fraction of sp³-hybridized carbons (Fsp3) is 0.714. The average Bonchev–Trinajstić information content (AvgIpc) is 3.29. The molecule has 33 heavy (non-hydrogen) atoms. The molecule has 2 N–H and O–H groups in total. The number of likely N-dealkylation sites (N-methyl/N-ethyl adjacent to an activating group) is 1. The van der Waals surface area contributed by atoms with E-state index >= 15 is 0 Å². The number of carbonyl (C=O) groups excluding carboxylic acids is 2. The number of likely N-dealkylation sites (tertiary alicyclic amines) is 1. The van der Waals surface area contributed by atoms with Crippen molar-refractivity contribution < 1.29 is 9.59 Å². The van der Waals surface area contributed by atoms with E-state index in [9.17, 15) is 9.59 Å². The van der Waals surface area contributed by atoms with Crippen LogP contribution >= 0.6 is 0 Å². The molecule has 3 fully saturated rings. The molecule has 1 aromatic carbocycles. The summed E-state index contributed by atoms with van der Waals surface area (Å²) < 4.78 is 0. The van der Waals surface area contributed by atoms with Gasteiger partial charge in [-0.05, 0) is 82.2 Å². The van der Waals surface area contributed by atoms with Crippen molar-refractivity contribution in [3.8, 4) is 0 Å². The van der Waals surface area contributed by atoms with Gasteiger partial charge in [0.05, 0.1) is 6.04 Å². The van der Waals surface area contributed by atoms with Crippen LogP contribution in [0.25, 0.3) is 0 Å². The Labute approximate surface area is 200 Å². The topological polar surface area (TPSA) is 61.4 Å². The minimum absolute atomic E-state index is 0.0541. The highest BCUT2D eigenvalue weighted by Gasteiger charge is 2.44. The molecule has 0 aromatic heterocycles. The number of aryl methyl sites for hydroxylation is 1. The first-order valence-corrected chi connectivity index (χ1v) is 13.4. The molecule has 0 spiro atoms. The molecule has 5 atom stereocenters. The Hall–Kier alpha value is -1.88. The van der Waals surface area contributed by atoms with Crippen LogP contribution in [-0.4, -0.2) is 48.4 Å². The summed E-state index contributed by atoms with van der Waals surface area (Å²) in [6, 6.07) is 10.5. The highest BCUT2D eigenvalue weighted by molar-refractivity contribution is 5.90. The van der Waals surface area contributed by atoms with Gasteiger partial charge in [-0.25, -0.2) is 0 Å². The first kappa shape index (κ1) is 24.3. The Balaban J connectivity index is 1.42. The van der Waals surface area contributed by atoms with Gasteiger partial charge in [0.15, 0.2) is 0 Å². The zero-order chi connectivity index (χ0) is 23.2. The van der Waals surface area contributed by atoms with Gasteiger partial charge in [-0.2, -0.15) is 0 Å². The summed E-state index contributed by atoms with van der Waals surface area (Å²) in [5.74, 6) is 1.74. The highest BCUT2D eigenvalue weighted by Crippen LogP contribution is 2.41. The van der Waals surface area contributed by atoms with Gasteiger partial charge in [0.25, 0.3) is 0 Å². The van der Waals surface area contributed by atoms with Crippen molar-refractivity contribution in [1.29, 1.82) is 0 Å². The lowest BCUT2D eigenvalue weighted by atomic mass is 9.76. The van der Waals surface area contributed by atoms with Crippen molar-refractivity contribution in [3.63, 3.8) is 0 Å². The predicted molar refractivity (Wildman–Crippen MR) is 133 cm³/mol. The van der Waals surface area contributed by atoms with E-state index in [0.29, 0.717) is 17.9 Å². The maximum absolute atomic E-state index is 13.9. The number of rotatable bonds is 8. The third-order valence-corrected chi connectivity index (χ3v) is 8.68. The molecule has 5 nitrogen and oxygen atoms in total. The van der Waals surface area contributed by atoms with E-state index in [-0.39, 0.29) is 29.8 Å². The first-order valence-electron chi connectivity index (χ1n) is 13.4. The van der Waals surface area contributed by atoms with Gasteiger partial charge < -0.3 is 15.5 Å². The molecule has 1 aliphatic heterocycles. The Morgan fingerprint density at radius 3 is 2.52 bits per heavy atom. The van der Waals surface area contributed by atoms with E-state index in [2.05, 4.69) is 45.9 Å². The molecule has 2 aliphatic carbocycles. The number of carbonyl (C=O) groups is 2. The van der Waals surface area contributed by atoms with Crippen LogP contribution in [0.4, 0.5) is 0 Å². The van der Waals surface area contributed by atoms with Crippen LogP contribution < -0.4 is 10.6 Å². The van der Waals surface area contributed by atoms with Crippen molar-refractivity contribution in [2.24, 2.45) is 17.8 Å². The van der Waals surface area contributed by atoms with Crippen LogP contribution in [0.3, 0.4) is 0 Å². The minimum Gasteiger partial charge on any atom is -0.343 e. The monoisotopic (exact) mass is 453 g/mol. The second-order valence-electron chi connectivity index (χ2n) is 10.7. The molecule has 1 aromatic rings. The zero-order valence-corrected chi connectivity index (χ0v) is 20.6. The molecule has 0 bridgehead atoms. The van der Waals surface area contributed by atoms with Crippen molar-refractivity contribution >= 4 is 11.8 Å². The lowest BCUT2D eigenvalue weighted by Crippen LogP contribution is -2.57. The summed E-state index contributed by atoms with van der Waals surface area (Å²) in [5, 5.41) is 6.20. The normalized spacial score (nSPS) is 27.6. The molecule has 1 heterocycles. The van der Waals surface area contributed by atoms with Gasteiger partial charge >= 0.3 is 0 Å². The van der Waals surface area contributed by atoms with E-state index in [1.54, 1.807) is 7.05 Å². The smallest absolute Gasteiger partial charge is 0.245 e. The maximum atomic E-state index is 13.9. The van der Waals surface area contributed by atoms with Gasteiger partial charge in [-0.3, -0.25) is 9.59 Å². The first-order chi connectivity index (χ1) is 16.1. The molecule has 0 radical (unpaired) electrons. The number of benzene rings is 1. The van der Waals surface area contributed by atoms with Crippen LogP contribution in [0.2, 0.25) is 0 Å². The predicted octanol–water partition coefficient (Wildman–Crippen LogP) is 4.31. The molecule has 2 saturated carbocycles. The Morgan fingerprint density at radius 2 is 1.79 bits per heavy atom. The largest absolute Gasteiger partial charge is 0.343 e. The van der Waals surface area contributed by atoms with Crippen LogP contribution in [-0.2, 0) is 16.0 Å². The van der Waals surface area contributed by atoms with Crippen LogP contribution in [0, 0.1) is 17.8 Å². The van der Waals surface area contributed by atoms with Crippen molar-refractivity contribution in [2.75, 3.05) is 13.6 Å². The van der Waals surface area contributed by atoms with Crippen molar-refractivity contribution in [3.05, 3.63) is 35.9 Å². The summed E-state index contributed by atoms with van der Waals surface area (Å²) in [7, 11) is 1.80. The standard InChI is InChI=1S/C28H43N3O2/c1-20(29-2)27(32)30-26(24-11-7-4-8-12-24)28(33)31-18-17-23-16-15-22(19-25(23)31)14-13-21-9-5-3-6-10-21/h3,5-6,9-10,20,22-26,29H,4,7-8,11-19H2,1-2H3,(H,30,32)/t20-,22?,23+,25+,26-/m0/s1. The van der Waals surface area contributed by atoms with E-state index in [1.165, 1.54) is 44.1 Å². The number of nitrogens with zero attached hydrogens (tertiary/aromatic N) is 1. The summed E-state index contributed by atoms with van der Waals surface area (Å²) >= 11 is 0. The number of hydrogen-bond acceptors (Lipinski definition) is 3. The Bertz CT molecular complexity index is 777. The fourth-order valence-electron chi connectivity index (χ4n) is 6.47. The molecule has 182 valence electrons. The SMILES string of the molecule is CN[C@@H](C)C(=O)N[C@H](C(=O)N1CC[C@H]2CCC(CCc3ccccc3)C[C@H]21)C1CCCCC1. The summed E-state index contributed by atoms with van der Waals surface area (Å²) in [6.45, 7) is 2.72. The van der Waals surface area contributed by atoms with E-state index in [4.69, 9.17) is 0 Å². The molecule has 5 heteroatoms. The third kappa shape index (κ3) is 5.98. The van der Waals surface area contributed by atoms with E-state index in [0.717, 1.165) is 38.6 Å². The maximum Gasteiger partial charge on any atom is 0.245 e. The second-order valence-corrected chi connectivity index (χ2v) is 10.7. The van der Waals surface area contributed by atoms with Crippen LogP contribution in [0.1, 0.15) is 76.7 Å². The van der Waals surface area contributed by atoms with E-state index in [1.807, 2.05) is 6.92 Å². The highest BCUT2D eigenvalue weighted by atomic mass is 16.2. The molecule has 1 unspecified atom stereocenters. The van der Waals surface area contributed by atoms with Gasteiger partial charge in [-0.15, -0.1) is 0 Å². The number of fused-ring (bicyclic) bond motifs is 1. The zero-order valence-electron chi connectivity index (χ0n) is 20.6. The lowest BCUT2D eigenvalue weighted by molar-refractivity contribution is -0.140. The van der Waals surface area contributed by atoms with Gasteiger partial charge in [0, 0.05) is 12.6 Å². The molecule has 3 aliphatic rings. The quantitative estimate of drug-likeness (QED) is 0.617. The molecular weight excluding hydrogens is 410 g/mol. The summed E-state index contributed by atoms with van der Waals surface area (Å²) in [4.78, 5) is 28.9. The third-order valence-electron chi connectivity index (χ3n) is 8.68. The fourth-order valence-corrected chi connectivity index (χ4v) is 6.47. The average molecular weight is 454 g/mol. The van der Waals surface area contributed by atoms with Crippen LogP contribution in [0.5, 0.6) is 0 Å². The van der Waals surface area contributed by atoms with Gasteiger partial charge in [0.2, 0.25) is 11.8 Å². The van der Waals surface area contributed by atoms with Crippen molar-refractivity contribution in [1.82, 2.24) is 15.5 Å². The number of nitrogens with one attached hydrogen (secondary N) is 2. The molecular formula is C28H43N3O2. The molecule has 1 saturated heterocycles. The Morgan fingerprint density at radius 1 is 1.03 bits per heavy atom. The lowest BCUT2D eigenvalue weighted by Gasteiger charge is -2.39. The van der Waals surface area contributed by atoms with E-state index < -0.39 is 0 Å². The molecule has 4 rings (SSSR count). The molecule has 2 amide bonds. The van der Waals surface area contributed by atoms with Gasteiger partial charge in [0.1, 0.15) is 6.04 Å². The second kappa shape index (κ2) is 11.5. The minimum atomic E-state index is -0.364. The van der Waals surface area contributed by atoms with Crippen LogP contribution in [0.15, 0.2) is 30.3 Å².